The smallest absolute Gasteiger partial charge is 0.0559 e. The summed E-state index contributed by atoms with van der Waals surface area (Å²) in [6, 6.07) is 4.04. The van der Waals surface area contributed by atoms with Crippen LogP contribution in [-0.4, -0.2) is 22.7 Å². The standard InChI is InChI=1S/C11H16N2O/c1-8-2-3-13-10(4-8)11(7-12)5-9(14)6-11/h2-4,9,14H,5-7,12H2,1H3. The largest absolute Gasteiger partial charge is 0.393 e. The van der Waals surface area contributed by atoms with Gasteiger partial charge in [0.05, 0.1) is 6.10 Å². The second-order valence-corrected chi connectivity index (χ2v) is 4.26. The molecule has 0 unspecified atom stereocenters. The number of aliphatic hydroxyl groups excluding tert-OH is 1. The van der Waals surface area contributed by atoms with Gasteiger partial charge < -0.3 is 10.8 Å². The highest BCUT2D eigenvalue weighted by Gasteiger charge is 2.44. The maximum atomic E-state index is 9.36. The van der Waals surface area contributed by atoms with Crippen LogP contribution in [0.15, 0.2) is 18.3 Å². The minimum absolute atomic E-state index is 0.0641. The van der Waals surface area contributed by atoms with E-state index < -0.39 is 0 Å². The lowest BCUT2D eigenvalue weighted by Crippen LogP contribution is -2.50. The second-order valence-electron chi connectivity index (χ2n) is 4.26. The van der Waals surface area contributed by atoms with Crippen molar-refractivity contribution in [1.82, 2.24) is 4.98 Å². The molecule has 0 amide bonds. The van der Waals surface area contributed by atoms with Gasteiger partial charge in [-0.15, -0.1) is 0 Å². The minimum Gasteiger partial charge on any atom is -0.393 e. The molecule has 1 heterocycles. The molecule has 1 aromatic heterocycles. The molecule has 0 saturated heterocycles. The number of hydrogen-bond acceptors (Lipinski definition) is 3. The van der Waals surface area contributed by atoms with E-state index in [1.54, 1.807) is 0 Å². The van der Waals surface area contributed by atoms with Gasteiger partial charge in [-0.1, -0.05) is 0 Å². The Morgan fingerprint density at radius 1 is 1.64 bits per heavy atom. The first-order chi connectivity index (χ1) is 6.66. The van der Waals surface area contributed by atoms with E-state index in [4.69, 9.17) is 5.73 Å². The molecule has 0 radical (unpaired) electrons. The van der Waals surface area contributed by atoms with Crippen molar-refractivity contribution in [1.29, 1.82) is 0 Å². The summed E-state index contributed by atoms with van der Waals surface area (Å²) in [7, 11) is 0. The highest BCUT2D eigenvalue weighted by molar-refractivity contribution is 5.26. The number of rotatable bonds is 2. The van der Waals surface area contributed by atoms with Crippen LogP contribution in [0.25, 0.3) is 0 Å². The average Bonchev–Trinajstić information content (AvgIpc) is 2.12. The quantitative estimate of drug-likeness (QED) is 0.726. The summed E-state index contributed by atoms with van der Waals surface area (Å²) in [4.78, 5) is 4.35. The van der Waals surface area contributed by atoms with E-state index in [-0.39, 0.29) is 11.5 Å². The zero-order valence-electron chi connectivity index (χ0n) is 8.40. The van der Waals surface area contributed by atoms with E-state index in [0.717, 1.165) is 18.5 Å². The van der Waals surface area contributed by atoms with Crippen molar-refractivity contribution in [2.24, 2.45) is 5.73 Å². The third-order valence-corrected chi connectivity index (χ3v) is 3.10. The van der Waals surface area contributed by atoms with Crippen LogP contribution in [0.4, 0.5) is 0 Å². The Hall–Kier alpha value is -0.930. The third-order valence-electron chi connectivity index (χ3n) is 3.10. The third kappa shape index (κ3) is 1.42. The molecular formula is C11H16N2O. The molecule has 1 aromatic rings. The fraction of sp³-hybridized carbons (Fsp3) is 0.545. The number of aliphatic hydroxyl groups is 1. The molecule has 1 aliphatic carbocycles. The molecule has 76 valence electrons. The van der Waals surface area contributed by atoms with Crippen LogP contribution in [0.5, 0.6) is 0 Å². The summed E-state index contributed by atoms with van der Waals surface area (Å²) in [5, 5.41) is 9.36. The van der Waals surface area contributed by atoms with Crippen molar-refractivity contribution in [2.45, 2.75) is 31.3 Å². The molecule has 3 heteroatoms. The molecule has 14 heavy (non-hydrogen) atoms. The lowest BCUT2D eigenvalue weighted by atomic mass is 9.64. The highest BCUT2D eigenvalue weighted by Crippen LogP contribution is 2.42. The number of nitrogens with zero attached hydrogens (tertiary/aromatic N) is 1. The van der Waals surface area contributed by atoms with Crippen molar-refractivity contribution < 1.29 is 5.11 Å². The van der Waals surface area contributed by atoms with E-state index in [9.17, 15) is 5.11 Å². The molecule has 3 nitrogen and oxygen atoms in total. The van der Waals surface area contributed by atoms with Gasteiger partial charge in [0.2, 0.25) is 0 Å². The van der Waals surface area contributed by atoms with Crippen LogP contribution in [0.2, 0.25) is 0 Å². The van der Waals surface area contributed by atoms with E-state index in [0.29, 0.717) is 6.54 Å². The zero-order valence-corrected chi connectivity index (χ0v) is 8.40. The predicted molar refractivity (Wildman–Crippen MR) is 54.9 cm³/mol. The average molecular weight is 192 g/mol. The van der Waals surface area contributed by atoms with E-state index in [2.05, 4.69) is 11.1 Å². The summed E-state index contributed by atoms with van der Waals surface area (Å²) >= 11 is 0. The topological polar surface area (TPSA) is 59.1 Å². The number of pyridine rings is 1. The molecular weight excluding hydrogens is 176 g/mol. The minimum atomic E-state index is -0.194. The van der Waals surface area contributed by atoms with Crippen LogP contribution in [0.3, 0.4) is 0 Å². The van der Waals surface area contributed by atoms with E-state index in [1.165, 1.54) is 5.56 Å². The summed E-state index contributed by atoms with van der Waals surface area (Å²) in [6.07, 6.45) is 3.12. The summed E-state index contributed by atoms with van der Waals surface area (Å²) < 4.78 is 0. The molecule has 1 saturated carbocycles. The van der Waals surface area contributed by atoms with Gasteiger partial charge in [-0.25, -0.2) is 0 Å². The fourth-order valence-electron chi connectivity index (χ4n) is 2.15. The molecule has 0 aromatic carbocycles. The molecule has 1 aliphatic rings. The van der Waals surface area contributed by atoms with Crippen LogP contribution in [0, 0.1) is 6.92 Å². The van der Waals surface area contributed by atoms with Crippen molar-refractivity contribution in [3.63, 3.8) is 0 Å². The Morgan fingerprint density at radius 3 is 2.86 bits per heavy atom. The lowest BCUT2D eigenvalue weighted by molar-refractivity contribution is 0.0200. The van der Waals surface area contributed by atoms with Gasteiger partial charge in [0.25, 0.3) is 0 Å². The van der Waals surface area contributed by atoms with E-state index >= 15 is 0 Å². The Balaban J connectivity index is 2.29. The highest BCUT2D eigenvalue weighted by atomic mass is 16.3. The van der Waals surface area contributed by atoms with Gasteiger partial charge in [-0.3, -0.25) is 4.98 Å². The molecule has 2 rings (SSSR count). The van der Waals surface area contributed by atoms with Gasteiger partial charge in [0, 0.05) is 23.9 Å². The summed E-state index contributed by atoms with van der Waals surface area (Å²) in [5.41, 5.74) is 7.93. The number of hydrogen-bond donors (Lipinski definition) is 2. The number of aryl methyl sites for hydroxylation is 1. The number of aromatic nitrogens is 1. The molecule has 0 bridgehead atoms. The van der Waals surface area contributed by atoms with Crippen LogP contribution < -0.4 is 5.73 Å². The second kappa shape index (κ2) is 3.33. The Morgan fingerprint density at radius 2 is 2.36 bits per heavy atom. The molecule has 1 fully saturated rings. The van der Waals surface area contributed by atoms with Gasteiger partial charge in [-0.05, 0) is 37.5 Å². The van der Waals surface area contributed by atoms with Crippen molar-refractivity contribution in [2.75, 3.05) is 6.54 Å². The van der Waals surface area contributed by atoms with Crippen LogP contribution >= 0.6 is 0 Å². The van der Waals surface area contributed by atoms with Crippen LogP contribution in [0.1, 0.15) is 24.1 Å². The Labute approximate surface area is 84.0 Å². The first-order valence-corrected chi connectivity index (χ1v) is 4.97. The van der Waals surface area contributed by atoms with Crippen molar-refractivity contribution in [3.8, 4) is 0 Å². The van der Waals surface area contributed by atoms with Crippen molar-refractivity contribution in [3.05, 3.63) is 29.6 Å². The predicted octanol–water partition coefficient (Wildman–Crippen LogP) is 0.741. The monoisotopic (exact) mass is 192 g/mol. The maximum absolute atomic E-state index is 9.36. The normalized spacial score (nSPS) is 31.2. The van der Waals surface area contributed by atoms with Gasteiger partial charge in [0.15, 0.2) is 0 Å². The molecule has 0 aliphatic heterocycles. The first kappa shape index (κ1) is 9.62. The van der Waals surface area contributed by atoms with Gasteiger partial charge in [0.1, 0.15) is 0 Å². The Bertz CT molecular complexity index is 332. The summed E-state index contributed by atoms with van der Waals surface area (Å²) in [6.45, 7) is 2.62. The fourth-order valence-corrected chi connectivity index (χ4v) is 2.15. The SMILES string of the molecule is Cc1ccnc(C2(CN)CC(O)C2)c1. The number of nitrogens with two attached hydrogens (primary N) is 1. The van der Waals surface area contributed by atoms with Crippen molar-refractivity contribution >= 4 is 0 Å². The molecule has 3 N–H and O–H groups in total. The van der Waals surface area contributed by atoms with Crippen LogP contribution in [-0.2, 0) is 5.41 Å². The lowest BCUT2D eigenvalue weighted by Gasteiger charge is -2.44. The maximum Gasteiger partial charge on any atom is 0.0559 e. The van der Waals surface area contributed by atoms with E-state index in [1.807, 2.05) is 19.2 Å². The molecule has 0 spiro atoms. The molecule has 0 atom stereocenters. The Kier molecular flexibility index (Phi) is 2.29. The first-order valence-electron chi connectivity index (χ1n) is 4.97. The zero-order chi connectivity index (χ0) is 10.2. The van der Waals surface area contributed by atoms with Gasteiger partial charge in [-0.2, -0.15) is 0 Å². The summed E-state index contributed by atoms with van der Waals surface area (Å²) in [5.74, 6) is 0. The van der Waals surface area contributed by atoms with Gasteiger partial charge >= 0.3 is 0 Å².